The molecule has 2 aromatic heterocycles. The molecule has 0 N–H and O–H groups in total. The van der Waals surface area contributed by atoms with Crippen LogP contribution in [-0.4, -0.2) is 55.0 Å². The van der Waals surface area contributed by atoms with Gasteiger partial charge in [-0.2, -0.15) is 0 Å². The molecule has 0 spiro atoms. The Morgan fingerprint density at radius 1 is 1.16 bits per heavy atom. The predicted octanol–water partition coefficient (Wildman–Crippen LogP) is 3.73. The lowest BCUT2D eigenvalue weighted by atomic mass is 10.1. The number of benzene rings is 1. The molecule has 2 aliphatic rings. The number of fused-ring (bicyclic) bond motifs is 1. The number of likely N-dealkylation sites (tertiary alicyclic amines) is 1. The maximum absolute atomic E-state index is 13.5. The van der Waals surface area contributed by atoms with Gasteiger partial charge in [-0.05, 0) is 49.6 Å². The molecule has 31 heavy (non-hydrogen) atoms. The van der Waals surface area contributed by atoms with Gasteiger partial charge in [-0.1, -0.05) is 11.8 Å². The summed E-state index contributed by atoms with van der Waals surface area (Å²) >= 11 is 1.63. The van der Waals surface area contributed by atoms with Crippen LogP contribution in [0.3, 0.4) is 0 Å². The summed E-state index contributed by atoms with van der Waals surface area (Å²) in [7, 11) is 1.84. The SMILES string of the molecule is Cl.Cn1c(SCCCN2C[C@H]3C[C@@]3(c3ncccn3)C2)nnc1-c1ccc(F)c(F)c1. The van der Waals surface area contributed by atoms with E-state index in [0.717, 1.165) is 54.9 Å². The molecule has 2 atom stereocenters. The van der Waals surface area contributed by atoms with Crippen LogP contribution in [0.15, 0.2) is 41.8 Å². The third kappa shape index (κ3) is 4.18. The Kier molecular flexibility index (Phi) is 6.27. The van der Waals surface area contributed by atoms with Crippen LogP contribution in [0.1, 0.15) is 18.7 Å². The molecule has 3 aromatic rings. The molecule has 6 nitrogen and oxygen atoms in total. The molecule has 3 heterocycles. The lowest BCUT2D eigenvalue weighted by Gasteiger charge is -2.19. The third-order valence-electron chi connectivity index (χ3n) is 6.09. The standard InChI is InChI=1S/C21H22F2N6S.ClH/c1-28-18(14-4-5-16(22)17(23)10-14)26-27-20(28)30-9-3-8-29-12-15-11-21(15,13-29)19-24-6-2-7-25-19;/h2,4-7,10,15H,3,8-9,11-13H2,1H3;1H/t15-,21-;/m1./s1. The zero-order valence-electron chi connectivity index (χ0n) is 17.0. The Hall–Kier alpha value is -2.10. The fourth-order valence-corrected chi connectivity index (χ4v) is 5.27. The van der Waals surface area contributed by atoms with Crippen molar-refractivity contribution in [2.75, 3.05) is 25.4 Å². The highest BCUT2D eigenvalue weighted by Crippen LogP contribution is 2.57. The maximum Gasteiger partial charge on any atom is 0.191 e. The van der Waals surface area contributed by atoms with E-state index in [1.54, 1.807) is 11.8 Å². The smallest absolute Gasteiger partial charge is 0.191 e. The van der Waals surface area contributed by atoms with Crippen molar-refractivity contribution in [2.45, 2.75) is 23.4 Å². The Bertz CT molecular complexity index is 1070. The molecular weight excluding hydrogens is 442 g/mol. The largest absolute Gasteiger partial charge is 0.305 e. The number of halogens is 3. The van der Waals surface area contributed by atoms with Gasteiger partial charge < -0.3 is 9.47 Å². The number of nitrogens with zero attached hydrogens (tertiary/aromatic N) is 6. The number of rotatable bonds is 7. The number of aromatic nitrogens is 5. The minimum Gasteiger partial charge on any atom is -0.305 e. The van der Waals surface area contributed by atoms with Gasteiger partial charge in [-0.3, -0.25) is 0 Å². The lowest BCUT2D eigenvalue weighted by molar-refractivity contribution is 0.297. The molecule has 0 bridgehead atoms. The van der Waals surface area contributed by atoms with Crippen molar-refractivity contribution < 1.29 is 8.78 Å². The molecule has 0 radical (unpaired) electrons. The van der Waals surface area contributed by atoms with E-state index in [9.17, 15) is 8.78 Å². The minimum absolute atomic E-state index is 0. The fourth-order valence-electron chi connectivity index (χ4n) is 4.44. The highest BCUT2D eigenvalue weighted by atomic mass is 35.5. The highest BCUT2D eigenvalue weighted by Gasteiger charge is 2.62. The maximum atomic E-state index is 13.5. The van der Waals surface area contributed by atoms with E-state index in [0.29, 0.717) is 17.3 Å². The molecule has 1 saturated carbocycles. The molecule has 1 aliphatic heterocycles. The van der Waals surface area contributed by atoms with Crippen molar-refractivity contribution in [3.63, 3.8) is 0 Å². The van der Waals surface area contributed by atoms with Crippen molar-refractivity contribution in [3.05, 3.63) is 54.1 Å². The van der Waals surface area contributed by atoms with E-state index < -0.39 is 11.6 Å². The Balaban J connectivity index is 0.00000231. The second-order valence-electron chi connectivity index (χ2n) is 8.06. The van der Waals surface area contributed by atoms with E-state index in [2.05, 4.69) is 25.1 Å². The van der Waals surface area contributed by atoms with Crippen LogP contribution in [0.2, 0.25) is 0 Å². The first kappa shape index (κ1) is 22.1. The second kappa shape index (κ2) is 8.80. The molecule has 1 saturated heterocycles. The van der Waals surface area contributed by atoms with Gasteiger partial charge in [-0.15, -0.1) is 22.6 Å². The summed E-state index contributed by atoms with van der Waals surface area (Å²) in [6.07, 6.45) is 5.91. The van der Waals surface area contributed by atoms with Gasteiger partial charge in [0.25, 0.3) is 0 Å². The van der Waals surface area contributed by atoms with Crippen molar-refractivity contribution in [2.24, 2.45) is 13.0 Å². The van der Waals surface area contributed by atoms with Gasteiger partial charge in [0.15, 0.2) is 22.6 Å². The molecule has 5 rings (SSSR count). The summed E-state index contributed by atoms with van der Waals surface area (Å²) in [5, 5.41) is 9.13. The van der Waals surface area contributed by atoms with Crippen LogP contribution < -0.4 is 0 Å². The van der Waals surface area contributed by atoms with Gasteiger partial charge in [-0.25, -0.2) is 18.7 Å². The number of thioether (sulfide) groups is 1. The third-order valence-corrected chi connectivity index (χ3v) is 7.20. The number of hydrogen-bond acceptors (Lipinski definition) is 6. The average Bonchev–Trinajstić information content (AvgIpc) is 3.14. The molecule has 0 amide bonds. The summed E-state index contributed by atoms with van der Waals surface area (Å²) < 4.78 is 28.5. The van der Waals surface area contributed by atoms with E-state index >= 15 is 0 Å². The van der Waals surface area contributed by atoms with Crippen LogP contribution in [-0.2, 0) is 12.5 Å². The van der Waals surface area contributed by atoms with Crippen molar-refractivity contribution >= 4 is 24.2 Å². The monoisotopic (exact) mass is 464 g/mol. The summed E-state index contributed by atoms with van der Waals surface area (Å²) in [6.45, 7) is 3.19. The van der Waals surface area contributed by atoms with E-state index in [-0.39, 0.29) is 17.8 Å². The summed E-state index contributed by atoms with van der Waals surface area (Å²) in [5.74, 6) is 1.38. The summed E-state index contributed by atoms with van der Waals surface area (Å²) in [4.78, 5) is 11.5. The van der Waals surface area contributed by atoms with Gasteiger partial charge in [0.1, 0.15) is 5.82 Å². The molecular formula is C21H23ClF2N6S. The molecule has 1 aliphatic carbocycles. The van der Waals surface area contributed by atoms with E-state index in [4.69, 9.17) is 0 Å². The Morgan fingerprint density at radius 3 is 2.74 bits per heavy atom. The average molecular weight is 465 g/mol. The Labute approximate surface area is 189 Å². The molecule has 2 fully saturated rings. The topological polar surface area (TPSA) is 59.7 Å². The van der Waals surface area contributed by atoms with Crippen molar-refractivity contribution in [3.8, 4) is 11.4 Å². The van der Waals surface area contributed by atoms with Crippen LogP contribution in [0.5, 0.6) is 0 Å². The Morgan fingerprint density at radius 2 is 1.97 bits per heavy atom. The molecule has 0 unspecified atom stereocenters. The summed E-state index contributed by atoms with van der Waals surface area (Å²) in [5.41, 5.74) is 0.692. The number of hydrogen-bond donors (Lipinski definition) is 0. The quantitative estimate of drug-likeness (QED) is 0.392. The molecule has 1 aromatic carbocycles. The second-order valence-corrected chi connectivity index (χ2v) is 9.12. The van der Waals surface area contributed by atoms with Gasteiger partial charge in [0.2, 0.25) is 0 Å². The van der Waals surface area contributed by atoms with Crippen LogP contribution in [0, 0.1) is 17.6 Å². The number of piperidine rings is 1. The molecule has 10 heteroatoms. The first-order valence-electron chi connectivity index (χ1n) is 10.0. The normalized spacial score (nSPS) is 22.2. The first-order chi connectivity index (χ1) is 14.6. The zero-order chi connectivity index (χ0) is 20.7. The predicted molar refractivity (Wildman–Crippen MR) is 117 cm³/mol. The van der Waals surface area contributed by atoms with Gasteiger partial charge in [0.05, 0.1) is 0 Å². The molecule has 164 valence electrons. The highest BCUT2D eigenvalue weighted by molar-refractivity contribution is 7.99. The zero-order valence-corrected chi connectivity index (χ0v) is 18.7. The minimum atomic E-state index is -0.882. The van der Waals surface area contributed by atoms with E-state index in [1.165, 1.54) is 12.5 Å². The van der Waals surface area contributed by atoms with Crippen molar-refractivity contribution in [1.82, 2.24) is 29.6 Å². The summed E-state index contributed by atoms with van der Waals surface area (Å²) in [6, 6.07) is 5.65. The van der Waals surface area contributed by atoms with Gasteiger partial charge in [0, 0.05) is 49.3 Å². The van der Waals surface area contributed by atoms with Gasteiger partial charge >= 0.3 is 0 Å². The van der Waals surface area contributed by atoms with E-state index in [1.807, 2.05) is 30.1 Å². The fraction of sp³-hybridized carbons (Fsp3) is 0.429. The van der Waals surface area contributed by atoms with Crippen LogP contribution in [0.25, 0.3) is 11.4 Å². The van der Waals surface area contributed by atoms with Crippen LogP contribution >= 0.6 is 24.2 Å². The first-order valence-corrected chi connectivity index (χ1v) is 11.0. The van der Waals surface area contributed by atoms with Crippen LogP contribution in [0.4, 0.5) is 8.78 Å². The lowest BCUT2D eigenvalue weighted by Crippen LogP contribution is -2.28. The van der Waals surface area contributed by atoms with Crippen molar-refractivity contribution in [1.29, 1.82) is 0 Å².